The van der Waals surface area contributed by atoms with Crippen LogP contribution in [0.2, 0.25) is 5.02 Å². The maximum absolute atomic E-state index is 13.9. The Kier molecular flexibility index (Phi) is 10.2. The van der Waals surface area contributed by atoms with Crippen molar-refractivity contribution < 1.29 is 14.2 Å². The molecule has 236 valence electrons. The van der Waals surface area contributed by atoms with Gasteiger partial charge in [0.05, 0.1) is 30.8 Å². The maximum Gasteiger partial charge on any atom is 0.282 e. The van der Waals surface area contributed by atoms with Crippen molar-refractivity contribution in [1.29, 1.82) is 0 Å². The molecule has 0 saturated carbocycles. The first-order chi connectivity index (χ1) is 22.2. The SMILES string of the molecule is C=CCc1cc(C=Nn2c(-c3cc(C(C)C)c(OC)cc3C)nc3ccccc3c2=O)cc(OCC)c1OCc1ccc(Cl)cc1. The second kappa shape index (κ2) is 14.5. The highest BCUT2D eigenvalue weighted by Crippen LogP contribution is 2.36. The molecule has 5 aromatic rings. The topological polar surface area (TPSA) is 74.9 Å². The molecule has 0 saturated heterocycles. The minimum atomic E-state index is -0.266. The van der Waals surface area contributed by atoms with E-state index >= 15 is 0 Å². The zero-order chi connectivity index (χ0) is 32.8. The molecular weight excluding hydrogens is 598 g/mol. The third kappa shape index (κ3) is 7.00. The Hall–Kier alpha value is -4.88. The number of hydrogen-bond donors (Lipinski definition) is 0. The van der Waals surface area contributed by atoms with E-state index < -0.39 is 0 Å². The van der Waals surface area contributed by atoms with E-state index in [9.17, 15) is 4.79 Å². The van der Waals surface area contributed by atoms with Crippen LogP contribution in [0.15, 0.2) is 95.3 Å². The van der Waals surface area contributed by atoms with Gasteiger partial charge in [-0.15, -0.1) is 6.58 Å². The summed E-state index contributed by atoms with van der Waals surface area (Å²) in [7, 11) is 1.67. The first-order valence-corrected chi connectivity index (χ1v) is 15.6. The van der Waals surface area contributed by atoms with Gasteiger partial charge >= 0.3 is 0 Å². The average Bonchev–Trinajstić information content (AvgIpc) is 3.04. The third-order valence-corrected chi connectivity index (χ3v) is 7.88. The summed E-state index contributed by atoms with van der Waals surface area (Å²) in [6.07, 6.45) is 4.01. The molecule has 1 aromatic heterocycles. The largest absolute Gasteiger partial charge is 0.496 e. The molecule has 0 radical (unpaired) electrons. The highest BCUT2D eigenvalue weighted by molar-refractivity contribution is 6.30. The van der Waals surface area contributed by atoms with Gasteiger partial charge in [-0.05, 0) is 97.0 Å². The number of nitrogens with zero attached hydrogens (tertiary/aromatic N) is 3. The van der Waals surface area contributed by atoms with E-state index in [2.05, 4.69) is 20.4 Å². The lowest BCUT2D eigenvalue weighted by Crippen LogP contribution is -2.21. The average molecular weight is 636 g/mol. The van der Waals surface area contributed by atoms with Gasteiger partial charge in [-0.2, -0.15) is 9.78 Å². The molecule has 8 heteroatoms. The summed E-state index contributed by atoms with van der Waals surface area (Å²) in [5, 5.41) is 5.89. The fourth-order valence-electron chi connectivity index (χ4n) is 5.32. The molecule has 0 aliphatic rings. The van der Waals surface area contributed by atoms with Crippen LogP contribution in [0.1, 0.15) is 54.5 Å². The molecule has 0 aliphatic heterocycles. The van der Waals surface area contributed by atoms with Gasteiger partial charge in [-0.3, -0.25) is 4.79 Å². The molecule has 0 amide bonds. The summed E-state index contributed by atoms with van der Waals surface area (Å²) < 4.78 is 19.4. The number of aromatic nitrogens is 2. The quantitative estimate of drug-likeness (QED) is 0.101. The van der Waals surface area contributed by atoms with E-state index in [0.717, 1.165) is 39.1 Å². The maximum atomic E-state index is 13.9. The van der Waals surface area contributed by atoms with Gasteiger partial charge in [0, 0.05) is 16.1 Å². The summed E-state index contributed by atoms with van der Waals surface area (Å²) in [6, 6.07) is 22.7. The van der Waals surface area contributed by atoms with Crippen molar-refractivity contribution in [2.24, 2.45) is 5.10 Å². The molecule has 0 aliphatic carbocycles. The van der Waals surface area contributed by atoms with Crippen LogP contribution in [0.4, 0.5) is 0 Å². The number of benzene rings is 4. The fourth-order valence-corrected chi connectivity index (χ4v) is 5.45. The lowest BCUT2D eigenvalue weighted by atomic mass is 9.96. The van der Waals surface area contributed by atoms with Crippen LogP contribution in [0.3, 0.4) is 0 Å². The Bertz CT molecular complexity index is 1960. The van der Waals surface area contributed by atoms with Crippen molar-refractivity contribution in [2.75, 3.05) is 13.7 Å². The van der Waals surface area contributed by atoms with Crippen LogP contribution >= 0.6 is 11.6 Å². The molecule has 0 N–H and O–H groups in total. The van der Waals surface area contributed by atoms with Crippen LogP contribution < -0.4 is 19.8 Å². The Morgan fingerprint density at radius 2 is 1.78 bits per heavy atom. The predicted molar refractivity (Wildman–Crippen MR) is 187 cm³/mol. The smallest absolute Gasteiger partial charge is 0.282 e. The number of para-hydroxylation sites is 1. The third-order valence-electron chi connectivity index (χ3n) is 7.63. The summed E-state index contributed by atoms with van der Waals surface area (Å²) in [5.74, 6) is 2.65. The monoisotopic (exact) mass is 635 g/mol. The first-order valence-electron chi connectivity index (χ1n) is 15.3. The molecule has 0 fully saturated rings. The number of methoxy groups -OCH3 is 1. The van der Waals surface area contributed by atoms with Gasteiger partial charge in [0.2, 0.25) is 0 Å². The van der Waals surface area contributed by atoms with Crippen LogP contribution in [-0.2, 0) is 13.0 Å². The predicted octanol–water partition coefficient (Wildman–Crippen LogP) is 8.75. The Morgan fingerprint density at radius 1 is 1.02 bits per heavy atom. The minimum Gasteiger partial charge on any atom is -0.496 e. The number of aryl methyl sites for hydroxylation is 1. The van der Waals surface area contributed by atoms with E-state index in [4.69, 9.17) is 35.9 Å². The van der Waals surface area contributed by atoms with E-state index in [1.165, 1.54) is 4.68 Å². The molecule has 0 spiro atoms. The van der Waals surface area contributed by atoms with Gasteiger partial charge in [-0.1, -0.05) is 55.8 Å². The van der Waals surface area contributed by atoms with Crippen molar-refractivity contribution in [3.63, 3.8) is 0 Å². The molecule has 4 aromatic carbocycles. The van der Waals surface area contributed by atoms with Gasteiger partial charge in [0.15, 0.2) is 17.3 Å². The van der Waals surface area contributed by atoms with Crippen LogP contribution in [0, 0.1) is 6.92 Å². The Balaban J connectivity index is 1.63. The number of ether oxygens (including phenoxy) is 3. The van der Waals surface area contributed by atoms with Crippen molar-refractivity contribution in [3.05, 3.63) is 129 Å². The zero-order valence-electron chi connectivity index (χ0n) is 26.8. The van der Waals surface area contributed by atoms with Crippen molar-refractivity contribution in [1.82, 2.24) is 9.66 Å². The number of hydrogen-bond acceptors (Lipinski definition) is 6. The number of rotatable bonds is 12. The number of fused-ring (bicyclic) bond motifs is 1. The Labute approximate surface area is 274 Å². The molecule has 7 nitrogen and oxygen atoms in total. The second-order valence-electron chi connectivity index (χ2n) is 11.2. The first kappa shape index (κ1) is 32.5. The van der Waals surface area contributed by atoms with Gasteiger partial charge in [0.25, 0.3) is 5.56 Å². The highest BCUT2D eigenvalue weighted by atomic mass is 35.5. The summed E-state index contributed by atoms with van der Waals surface area (Å²) >= 11 is 6.06. The van der Waals surface area contributed by atoms with E-state index in [1.54, 1.807) is 19.4 Å². The molecule has 46 heavy (non-hydrogen) atoms. The number of allylic oxidation sites excluding steroid dienone is 1. The summed E-state index contributed by atoms with van der Waals surface area (Å²) in [4.78, 5) is 18.9. The standard InChI is InChI=1S/C38H38ClN3O4/c1-7-11-28-19-27(20-35(45-8-2)36(28)46-23-26-14-16-29(39)17-15-26)22-40-42-37(41-33-13-10-9-12-30(33)38(42)43)32-21-31(24(3)4)34(44-6)18-25(32)5/h7,9-10,12-22,24H,1,8,11,23H2,2-6H3. The van der Waals surface area contributed by atoms with Gasteiger partial charge in [-0.25, -0.2) is 4.98 Å². The Morgan fingerprint density at radius 3 is 2.48 bits per heavy atom. The lowest BCUT2D eigenvalue weighted by Gasteiger charge is -2.18. The number of halogens is 1. The zero-order valence-corrected chi connectivity index (χ0v) is 27.6. The molecule has 0 atom stereocenters. The lowest BCUT2D eigenvalue weighted by molar-refractivity contribution is 0.267. The molecular formula is C38H38ClN3O4. The van der Waals surface area contributed by atoms with Crippen molar-refractivity contribution in [2.45, 2.75) is 46.6 Å². The van der Waals surface area contributed by atoms with Crippen molar-refractivity contribution >= 4 is 28.7 Å². The fraction of sp³-hybridized carbons (Fsp3) is 0.237. The second-order valence-corrected chi connectivity index (χ2v) is 11.7. The highest BCUT2D eigenvalue weighted by Gasteiger charge is 2.19. The molecule has 0 bridgehead atoms. The van der Waals surface area contributed by atoms with Crippen LogP contribution in [-0.4, -0.2) is 29.6 Å². The van der Waals surface area contributed by atoms with E-state index in [0.29, 0.717) is 52.9 Å². The minimum absolute atomic E-state index is 0.194. The molecule has 0 unspecified atom stereocenters. The molecule has 5 rings (SSSR count). The summed E-state index contributed by atoms with van der Waals surface area (Å²) in [6.45, 7) is 12.8. The molecule has 1 heterocycles. The van der Waals surface area contributed by atoms with Gasteiger partial charge in [0.1, 0.15) is 12.4 Å². The van der Waals surface area contributed by atoms with Crippen LogP contribution in [0.25, 0.3) is 22.3 Å². The van der Waals surface area contributed by atoms with Crippen LogP contribution in [0.5, 0.6) is 17.2 Å². The summed E-state index contributed by atoms with van der Waals surface area (Å²) in [5.41, 5.74) is 5.67. The van der Waals surface area contributed by atoms with Gasteiger partial charge < -0.3 is 14.2 Å². The van der Waals surface area contributed by atoms with E-state index in [1.807, 2.05) is 86.7 Å². The van der Waals surface area contributed by atoms with Crippen molar-refractivity contribution in [3.8, 4) is 28.6 Å². The van der Waals surface area contributed by atoms with E-state index in [-0.39, 0.29) is 11.5 Å². The normalized spacial score (nSPS) is 11.4.